The second-order valence-electron chi connectivity index (χ2n) is 4.39. The minimum Gasteiger partial charge on any atom is -0.368 e. The van der Waals surface area contributed by atoms with E-state index in [4.69, 9.17) is 5.73 Å². The molecule has 1 unspecified atom stereocenters. The molecular weight excluding hydrogens is 222 g/mol. The Morgan fingerprint density at radius 1 is 1.53 bits per heavy atom. The molecule has 0 amide bonds. The monoisotopic (exact) mass is 237 g/mol. The van der Waals surface area contributed by atoms with Crippen LogP contribution in [0.4, 0.5) is 17.5 Å². The molecule has 0 radical (unpaired) electrons. The Morgan fingerprint density at radius 2 is 2.18 bits per heavy atom. The zero-order valence-corrected chi connectivity index (χ0v) is 9.80. The summed E-state index contributed by atoms with van der Waals surface area (Å²) in [5.41, 5.74) is 5.71. The molecule has 1 aliphatic carbocycles. The number of nitrogens with one attached hydrogen (secondary N) is 1. The first-order valence-corrected chi connectivity index (χ1v) is 5.54. The van der Waals surface area contributed by atoms with E-state index < -0.39 is 4.92 Å². The van der Waals surface area contributed by atoms with Crippen molar-refractivity contribution in [2.24, 2.45) is 5.92 Å². The van der Waals surface area contributed by atoms with Crippen LogP contribution in [-0.2, 0) is 0 Å². The summed E-state index contributed by atoms with van der Waals surface area (Å²) in [5.74, 6) is 0.851. The molecule has 1 heterocycles. The maximum atomic E-state index is 11.0. The van der Waals surface area contributed by atoms with Crippen molar-refractivity contribution in [1.29, 1.82) is 0 Å². The molecular formula is C10H15N5O2. The maximum absolute atomic E-state index is 11.0. The van der Waals surface area contributed by atoms with E-state index in [2.05, 4.69) is 15.3 Å². The lowest BCUT2D eigenvalue weighted by Gasteiger charge is -2.14. The van der Waals surface area contributed by atoms with Gasteiger partial charge < -0.3 is 11.1 Å². The molecule has 7 nitrogen and oxygen atoms in total. The Labute approximate surface area is 98.6 Å². The van der Waals surface area contributed by atoms with E-state index in [1.165, 1.54) is 0 Å². The van der Waals surface area contributed by atoms with Crippen molar-refractivity contribution in [2.75, 3.05) is 11.1 Å². The second-order valence-corrected chi connectivity index (χ2v) is 4.39. The van der Waals surface area contributed by atoms with Gasteiger partial charge >= 0.3 is 5.69 Å². The van der Waals surface area contributed by atoms with Gasteiger partial charge in [0, 0.05) is 6.04 Å². The highest BCUT2D eigenvalue weighted by molar-refractivity contribution is 5.60. The van der Waals surface area contributed by atoms with E-state index >= 15 is 0 Å². The van der Waals surface area contributed by atoms with Crippen molar-refractivity contribution in [3.05, 3.63) is 15.8 Å². The standard InChI is InChI=1S/C10H15N5O2/c1-5(7-3-4-7)12-9-8(15(16)17)6(2)13-10(11)14-9/h5,7H,3-4H2,1-2H3,(H3,11,12,13,14). The topological polar surface area (TPSA) is 107 Å². The summed E-state index contributed by atoms with van der Waals surface area (Å²) in [6.45, 7) is 3.55. The Hall–Kier alpha value is -1.92. The summed E-state index contributed by atoms with van der Waals surface area (Å²) in [7, 11) is 0. The average Bonchev–Trinajstić information content (AvgIpc) is 2.97. The highest BCUT2D eigenvalue weighted by Crippen LogP contribution is 2.35. The van der Waals surface area contributed by atoms with Crippen LogP contribution in [-0.4, -0.2) is 20.9 Å². The smallest absolute Gasteiger partial charge is 0.332 e. The fraction of sp³-hybridized carbons (Fsp3) is 0.600. The normalized spacial score (nSPS) is 16.6. The predicted molar refractivity (Wildman–Crippen MR) is 63.6 cm³/mol. The van der Waals surface area contributed by atoms with Gasteiger partial charge in [-0.2, -0.15) is 4.98 Å². The van der Waals surface area contributed by atoms with Gasteiger partial charge in [0.2, 0.25) is 11.8 Å². The quantitative estimate of drug-likeness (QED) is 0.606. The summed E-state index contributed by atoms with van der Waals surface area (Å²) in [6, 6.07) is 0.169. The summed E-state index contributed by atoms with van der Waals surface area (Å²) < 4.78 is 0. The molecule has 1 atom stereocenters. The van der Waals surface area contributed by atoms with E-state index in [0.717, 1.165) is 12.8 Å². The third-order valence-electron chi connectivity index (χ3n) is 2.95. The zero-order valence-electron chi connectivity index (χ0n) is 9.80. The van der Waals surface area contributed by atoms with Crippen LogP contribution < -0.4 is 11.1 Å². The number of nitrogens with two attached hydrogens (primary N) is 1. The molecule has 0 spiro atoms. The lowest BCUT2D eigenvalue weighted by molar-refractivity contribution is -0.385. The third-order valence-corrected chi connectivity index (χ3v) is 2.95. The van der Waals surface area contributed by atoms with Crippen LogP contribution in [0.25, 0.3) is 0 Å². The molecule has 0 aromatic carbocycles. The Morgan fingerprint density at radius 3 is 2.71 bits per heavy atom. The van der Waals surface area contributed by atoms with Crippen molar-refractivity contribution < 1.29 is 4.92 Å². The van der Waals surface area contributed by atoms with Gasteiger partial charge in [-0.15, -0.1) is 0 Å². The van der Waals surface area contributed by atoms with E-state index in [1.54, 1.807) is 6.92 Å². The molecule has 1 aromatic rings. The maximum Gasteiger partial charge on any atom is 0.332 e. The van der Waals surface area contributed by atoms with Gasteiger partial charge in [0.1, 0.15) is 5.69 Å². The largest absolute Gasteiger partial charge is 0.368 e. The first-order chi connectivity index (χ1) is 7.99. The highest BCUT2D eigenvalue weighted by Gasteiger charge is 2.30. The van der Waals surface area contributed by atoms with Crippen LogP contribution in [0.3, 0.4) is 0 Å². The van der Waals surface area contributed by atoms with E-state index in [0.29, 0.717) is 5.92 Å². The minimum atomic E-state index is -0.475. The summed E-state index contributed by atoms with van der Waals surface area (Å²) in [6.07, 6.45) is 2.31. The number of hydrogen-bond acceptors (Lipinski definition) is 6. The number of nitrogens with zero attached hydrogens (tertiary/aromatic N) is 3. The first kappa shape index (κ1) is 11.6. The first-order valence-electron chi connectivity index (χ1n) is 5.54. The van der Waals surface area contributed by atoms with E-state index in [1.807, 2.05) is 6.92 Å². The predicted octanol–water partition coefficient (Wildman–Crippen LogP) is 1.49. The summed E-state index contributed by atoms with van der Waals surface area (Å²) in [4.78, 5) is 18.2. The van der Waals surface area contributed by atoms with Crippen LogP contribution in [0.1, 0.15) is 25.5 Å². The number of aryl methyl sites for hydroxylation is 1. The van der Waals surface area contributed by atoms with Crippen molar-refractivity contribution >= 4 is 17.5 Å². The van der Waals surface area contributed by atoms with Crippen molar-refractivity contribution in [1.82, 2.24) is 9.97 Å². The van der Waals surface area contributed by atoms with E-state index in [-0.39, 0.29) is 29.2 Å². The molecule has 0 saturated heterocycles. The number of nitrogen functional groups attached to an aromatic ring is 1. The Balaban J connectivity index is 2.32. The number of aromatic nitrogens is 2. The fourth-order valence-corrected chi connectivity index (χ4v) is 1.84. The lowest BCUT2D eigenvalue weighted by atomic mass is 10.2. The molecule has 1 aromatic heterocycles. The number of anilines is 2. The second kappa shape index (κ2) is 4.15. The number of nitro groups is 1. The molecule has 92 valence electrons. The van der Waals surface area contributed by atoms with Crippen molar-refractivity contribution in [3.8, 4) is 0 Å². The SMILES string of the molecule is Cc1nc(N)nc(NC(C)C2CC2)c1[N+](=O)[O-]. The average molecular weight is 237 g/mol. The van der Waals surface area contributed by atoms with Gasteiger partial charge in [-0.3, -0.25) is 10.1 Å². The van der Waals surface area contributed by atoms with Crippen LogP contribution in [0, 0.1) is 23.0 Å². The van der Waals surface area contributed by atoms with Crippen molar-refractivity contribution in [3.63, 3.8) is 0 Å². The van der Waals surface area contributed by atoms with Crippen LogP contribution in [0.2, 0.25) is 0 Å². The number of hydrogen-bond donors (Lipinski definition) is 2. The highest BCUT2D eigenvalue weighted by atomic mass is 16.6. The van der Waals surface area contributed by atoms with Gasteiger partial charge in [-0.05, 0) is 32.6 Å². The molecule has 17 heavy (non-hydrogen) atoms. The summed E-state index contributed by atoms with van der Waals surface area (Å²) >= 11 is 0. The van der Waals surface area contributed by atoms with Crippen molar-refractivity contribution in [2.45, 2.75) is 32.7 Å². The minimum absolute atomic E-state index is 0.0543. The van der Waals surface area contributed by atoms with Gasteiger partial charge in [0.25, 0.3) is 0 Å². The van der Waals surface area contributed by atoms with Gasteiger partial charge in [-0.1, -0.05) is 0 Å². The zero-order chi connectivity index (χ0) is 12.6. The molecule has 2 rings (SSSR count). The van der Waals surface area contributed by atoms with Gasteiger partial charge in [-0.25, -0.2) is 4.98 Å². The van der Waals surface area contributed by atoms with Gasteiger partial charge in [0.05, 0.1) is 4.92 Å². The molecule has 3 N–H and O–H groups in total. The molecule has 1 aliphatic rings. The fourth-order valence-electron chi connectivity index (χ4n) is 1.84. The van der Waals surface area contributed by atoms with E-state index in [9.17, 15) is 10.1 Å². The molecule has 1 saturated carbocycles. The molecule has 7 heteroatoms. The van der Waals surface area contributed by atoms with Crippen LogP contribution in [0.5, 0.6) is 0 Å². The Bertz CT molecular complexity index is 458. The van der Waals surface area contributed by atoms with Gasteiger partial charge in [0.15, 0.2) is 0 Å². The Kier molecular flexibility index (Phi) is 2.83. The summed E-state index contributed by atoms with van der Waals surface area (Å²) in [5, 5.41) is 14.0. The molecule has 0 bridgehead atoms. The third kappa shape index (κ3) is 2.43. The lowest BCUT2D eigenvalue weighted by Crippen LogP contribution is -2.20. The molecule has 0 aliphatic heterocycles. The van der Waals surface area contributed by atoms with Crippen LogP contribution in [0.15, 0.2) is 0 Å². The van der Waals surface area contributed by atoms with Crippen LogP contribution >= 0.6 is 0 Å². The molecule has 1 fully saturated rings. The number of rotatable bonds is 4.